The van der Waals surface area contributed by atoms with Crippen molar-refractivity contribution in [2.45, 2.75) is 32.0 Å². The third-order valence-electron chi connectivity index (χ3n) is 3.26. The zero-order chi connectivity index (χ0) is 13.5. The lowest BCUT2D eigenvalue weighted by molar-refractivity contribution is -0.0448. The number of ether oxygens (including phenoxy) is 3. The Hall–Kier alpha value is -1.39. The van der Waals surface area contributed by atoms with Crippen molar-refractivity contribution in [1.82, 2.24) is 0 Å². The smallest absolute Gasteiger partial charge is 0.338 e. The summed E-state index contributed by atoms with van der Waals surface area (Å²) in [7, 11) is 1.38. The molecule has 4 heteroatoms. The maximum Gasteiger partial charge on any atom is 0.338 e. The van der Waals surface area contributed by atoms with E-state index in [0.29, 0.717) is 18.8 Å². The standard InChI is InChI=1S/C15H20O4/c1-17-15(16)14-8-3-2-6-12(14)10-18-11-13-7-4-5-9-19-13/h2-3,6,8,13H,4-5,7,9-11H2,1H3. The van der Waals surface area contributed by atoms with Crippen LogP contribution < -0.4 is 0 Å². The predicted molar refractivity (Wildman–Crippen MR) is 71.0 cm³/mol. The highest BCUT2D eigenvalue weighted by molar-refractivity contribution is 5.90. The van der Waals surface area contributed by atoms with Gasteiger partial charge in [0.25, 0.3) is 0 Å². The molecule has 0 amide bonds. The van der Waals surface area contributed by atoms with E-state index < -0.39 is 0 Å². The summed E-state index contributed by atoms with van der Waals surface area (Å²) in [5.41, 5.74) is 1.42. The molecular weight excluding hydrogens is 244 g/mol. The molecule has 1 aliphatic rings. The van der Waals surface area contributed by atoms with Gasteiger partial charge < -0.3 is 14.2 Å². The van der Waals surface area contributed by atoms with Gasteiger partial charge in [-0.15, -0.1) is 0 Å². The highest BCUT2D eigenvalue weighted by Gasteiger charge is 2.15. The molecule has 19 heavy (non-hydrogen) atoms. The molecule has 4 nitrogen and oxygen atoms in total. The van der Waals surface area contributed by atoms with Crippen LogP contribution in [-0.2, 0) is 20.8 Å². The van der Waals surface area contributed by atoms with Gasteiger partial charge in [-0.25, -0.2) is 4.79 Å². The third kappa shape index (κ3) is 4.04. The van der Waals surface area contributed by atoms with E-state index in [4.69, 9.17) is 14.2 Å². The average molecular weight is 264 g/mol. The minimum Gasteiger partial charge on any atom is -0.465 e. The Balaban J connectivity index is 1.86. The molecule has 1 unspecified atom stereocenters. The molecule has 1 heterocycles. The van der Waals surface area contributed by atoms with Gasteiger partial charge in [-0.05, 0) is 30.9 Å². The predicted octanol–water partition coefficient (Wildman–Crippen LogP) is 2.56. The Morgan fingerprint density at radius 3 is 2.95 bits per heavy atom. The highest BCUT2D eigenvalue weighted by atomic mass is 16.5. The molecule has 0 aliphatic carbocycles. The van der Waals surface area contributed by atoms with Crippen LogP contribution in [0.2, 0.25) is 0 Å². The van der Waals surface area contributed by atoms with Crippen LogP contribution in [0.15, 0.2) is 24.3 Å². The number of benzene rings is 1. The summed E-state index contributed by atoms with van der Waals surface area (Å²) in [6, 6.07) is 7.35. The van der Waals surface area contributed by atoms with E-state index in [1.54, 1.807) is 6.07 Å². The summed E-state index contributed by atoms with van der Waals surface area (Å²) >= 11 is 0. The van der Waals surface area contributed by atoms with Gasteiger partial charge in [0.1, 0.15) is 0 Å². The van der Waals surface area contributed by atoms with Gasteiger partial charge in [0.2, 0.25) is 0 Å². The topological polar surface area (TPSA) is 44.8 Å². The van der Waals surface area contributed by atoms with E-state index in [1.807, 2.05) is 18.2 Å². The van der Waals surface area contributed by atoms with Crippen molar-refractivity contribution < 1.29 is 19.0 Å². The Morgan fingerprint density at radius 1 is 1.37 bits per heavy atom. The van der Waals surface area contributed by atoms with Gasteiger partial charge in [-0.2, -0.15) is 0 Å². The monoisotopic (exact) mass is 264 g/mol. The van der Waals surface area contributed by atoms with Gasteiger partial charge in [0.15, 0.2) is 0 Å². The molecule has 2 rings (SSSR count). The van der Waals surface area contributed by atoms with E-state index in [-0.39, 0.29) is 12.1 Å². The summed E-state index contributed by atoms with van der Waals surface area (Å²) in [6.07, 6.45) is 3.59. The van der Waals surface area contributed by atoms with Gasteiger partial charge in [-0.3, -0.25) is 0 Å². The minimum absolute atomic E-state index is 0.194. The Bertz CT molecular complexity index is 410. The van der Waals surface area contributed by atoms with Crippen molar-refractivity contribution >= 4 is 5.97 Å². The molecule has 0 spiro atoms. The summed E-state index contributed by atoms with van der Waals surface area (Å²) < 4.78 is 16.0. The van der Waals surface area contributed by atoms with E-state index in [1.165, 1.54) is 13.5 Å². The summed E-state index contributed by atoms with van der Waals surface area (Å²) in [5.74, 6) is -0.326. The molecule has 1 aromatic rings. The molecular formula is C15H20O4. The molecule has 104 valence electrons. The van der Waals surface area contributed by atoms with Gasteiger partial charge >= 0.3 is 5.97 Å². The van der Waals surface area contributed by atoms with Crippen molar-refractivity contribution in [3.8, 4) is 0 Å². The van der Waals surface area contributed by atoms with Crippen molar-refractivity contribution in [2.75, 3.05) is 20.3 Å². The second-order valence-corrected chi connectivity index (χ2v) is 4.65. The van der Waals surface area contributed by atoms with Crippen LogP contribution in [0.4, 0.5) is 0 Å². The van der Waals surface area contributed by atoms with Crippen LogP contribution in [0, 0.1) is 0 Å². The second-order valence-electron chi connectivity index (χ2n) is 4.65. The average Bonchev–Trinajstić information content (AvgIpc) is 2.48. The fourth-order valence-corrected chi connectivity index (χ4v) is 2.19. The van der Waals surface area contributed by atoms with Crippen molar-refractivity contribution in [2.24, 2.45) is 0 Å². The zero-order valence-corrected chi connectivity index (χ0v) is 11.3. The Labute approximate surface area is 113 Å². The van der Waals surface area contributed by atoms with E-state index in [9.17, 15) is 4.79 Å². The first kappa shape index (κ1) is 14.0. The van der Waals surface area contributed by atoms with Crippen molar-refractivity contribution in [3.05, 3.63) is 35.4 Å². The number of carbonyl (C=O) groups is 1. The third-order valence-corrected chi connectivity index (χ3v) is 3.26. The zero-order valence-electron chi connectivity index (χ0n) is 11.3. The first-order valence-corrected chi connectivity index (χ1v) is 6.67. The normalized spacial score (nSPS) is 19.1. The molecule has 0 saturated carbocycles. The molecule has 1 aliphatic heterocycles. The number of hydrogen-bond acceptors (Lipinski definition) is 4. The Kier molecular flexibility index (Phi) is 5.36. The van der Waals surface area contributed by atoms with Crippen molar-refractivity contribution in [3.63, 3.8) is 0 Å². The SMILES string of the molecule is COC(=O)c1ccccc1COCC1CCCCO1. The number of methoxy groups -OCH3 is 1. The number of rotatable bonds is 5. The van der Waals surface area contributed by atoms with Gasteiger partial charge in [0.05, 0.1) is 32.0 Å². The van der Waals surface area contributed by atoms with Crippen molar-refractivity contribution in [1.29, 1.82) is 0 Å². The highest BCUT2D eigenvalue weighted by Crippen LogP contribution is 2.15. The quantitative estimate of drug-likeness (QED) is 0.767. The number of esters is 1. The van der Waals surface area contributed by atoms with Gasteiger partial charge in [-0.1, -0.05) is 18.2 Å². The molecule has 0 radical (unpaired) electrons. The second kappa shape index (κ2) is 7.26. The molecule has 1 fully saturated rings. The van der Waals surface area contributed by atoms with Crippen LogP contribution in [-0.4, -0.2) is 32.4 Å². The maximum atomic E-state index is 11.6. The van der Waals surface area contributed by atoms with Gasteiger partial charge in [0, 0.05) is 6.61 Å². The first-order chi connectivity index (χ1) is 9.31. The molecule has 0 aromatic heterocycles. The molecule has 1 aromatic carbocycles. The van der Waals surface area contributed by atoms with Crippen LogP contribution in [0.1, 0.15) is 35.2 Å². The molecule has 1 atom stereocenters. The number of carbonyl (C=O) groups excluding carboxylic acids is 1. The van der Waals surface area contributed by atoms with Crippen LogP contribution in [0.3, 0.4) is 0 Å². The van der Waals surface area contributed by atoms with Crippen LogP contribution in [0.25, 0.3) is 0 Å². The lowest BCUT2D eigenvalue weighted by atomic mass is 10.1. The van der Waals surface area contributed by atoms with E-state index >= 15 is 0 Å². The molecule has 0 bridgehead atoms. The molecule has 1 saturated heterocycles. The van der Waals surface area contributed by atoms with Crippen LogP contribution >= 0.6 is 0 Å². The Morgan fingerprint density at radius 2 is 2.21 bits per heavy atom. The number of hydrogen-bond donors (Lipinski definition) is 0. The molecule has 0 N–H and O–H groups in total. The lowest BCUT2D eigenvalue weighted by Crippen LogP contribution is -2.24. The first-order valence-electron chi connectivity index (χ1n) is 6.67. The minimum atomic E-state index is -0.326. The summed E-state index contributed by atoms with van der Waals surface area (Å²) in [4.78, 5) is 11.6. The maximum absolute atomic E-state index is 11.6. The fourth-order valence-electron chi connectivity index (χ4n) is 2.19. The summed E-state index contributed by atoms with van der Waals surface area (Å²) in [5, 5.41) is 0. The fraction of sp³-hybridized carbons (Fsp3) is 0.533. The largest absolute Gasteiger partial charge is 0.465 e. The van der Waals surface area contributed by atoms with Crippen LogP contribution in [0.5, 0.6) is 0 Å². The van der Waals surface area contributed by atoms with E-state index in [0.717, 1.165) is 25.0 Å². The van der Waals surface area contributed by atoms with E-state index in [2.05, 4.69) is 0 Å². The lowest BCUT2D eigenvalue weighted by Gasteiger charge is -2.22. The summed E-state index contributed by atoms with van der Waals surface area (Å²) in [6.45, 7) is 1.81.